The van der Waals surface area contributed by atoms with Crippen molar-refractivity contribution in [2.24, 2.45) is 11.3 Å². The van der Waals surface area contributed by atoms with E-state index in [-0.39, 0.29) is 17.9 Å². The largest absolute Gasteiger partial charge is 0.395 e. The second kappa shape index (κ2) is 5.60. The Bertz CT molecular complexity index is 295. The lowest BCUT2D eigenvalue weighted by molar-refractivity contribution is -0.141. The maximum Gasteiger partial charge on any atom is 0.226 e. The molecule has 0 aromatic rings. The Hall–Kier alpha value is -0.570. The first kappa shape index (κ1) is 13.9. The Labute approximate surface area is 111 Å². The molecule has 0 radical (unpaired) electrons. The zero-order valence-electron chi connectivity index (χ0n) is 11.8. The Morgan fingerprint density at radius 2 is 1.89 bits per heavy atom. The SMILES string of the molecule is CC1(C)CCCC1C(=O)N(CCO)C1CCCC1. The number of hydrogen-bond acceptors (Lipinski definition) is 2. The van der Waals surface area contributed by atoms with Crippen LogP contribution in [-0.2, 0) is 4.79 Å². The minimum atomic E-state index is 0.0926. The van der Waals surface area contributed by atoms with Crippen molar-refractivity contribution in [2.45, 2.75) is 64.8 Å². The first-order chi connectivity index (χ1) is 8.56. The number of nitrogens with zero attached hydrogens (tertiary/aromatic N) is 1. The van der Waals surface area contributed by atoms with Gasteiger partial charge in [-0.1, -0.05) is 33.1 Å². The Morgan fingerprint density at radius 3 is 2.39 bits per heavy atom. The summed E-state index contributed by atoms with van der Waals surface area (Å²) in [6.07, 6.45) is 8.06. The number of hydrogen-bond donors (Lipinski definition) is 1. The molecule has 1 N–H and O–H groups in total. The lowest BCUT2D eigenvalue weighted by Gasteiger charge is -2.35. The highest BCUT2D eigenvalue weighted by Gasteiger charge is 2.42. The third-order valence-electron chi connectivity index (χ3n) is 4.94. The highest BCUT2D eigenvalue weighted by atomic mass is 16.3. The van der Waals surface area contributed by atoms with Crippen molar-refractivity contribution in [3.8, 4) is 0 Å². The van der Waals surface area contributed by atoms with E-state index >= 15 is 0 Å². The molecule has 0 aromatic carbocycles. The molecule has 2 rings (SSSR count). The van der Waals surface area contributed by atoms with E-state index in [0.29, 0.717) is 18.5 Å². The van der Waals surface area contributed by atoms with Crippen LogP contribution in [0.1, 0.15) is 58.8 Å². The van der Waals surface area contributed by atoms with Gasteiger partial charge in [0.15, 0.2) is 0 Å². The molecule has 18 heavy (non-hydrogen) atoms. The number of carbonyl (C=O) groups excluding carboxylic acids is 1. The van der Waals surface area contributed by atoms with Gasteiger partial charge in [-0.05, 0) is 31.1 Å². The summed E-state index contributed by atoms with van der Waals surface area (Å²) in [5, 5.41) is 9.22. The summed E-state index contributed by atoms with van der Waals surface area (Å²) in [6.45, 7) is 5.05. The zero-order chi connectivity index (χ0) is 13.2. The van der Waals surface area contributed by atoms with Crippen LogP contribution in [0.3, 0.4) is 0 Å². The van der Waals surface area contributed by atoms with E-state index in [4.69, 9.17) is 0 Å². The van der Waals surface area contributed by atoms with Crippen LogP contribution in [0, 0.1) is 11.3 Å². The summed E-state index contributed by atoms with van der Waals surface area (Å²) in [5.41, 5.74) is 0.142. The normalized spacial score (nSPS) is 27.6. The van der Waals surface area contributed by atoms with E-state index in [0.717, 1.165) is 25.7 Å². The van der Waals surface area contributed by atoms with Crippen LogP contribution in [0.5, 0.6) is 0 Å². The highest BCUT2D eigenvalue weighted by molar-refractivity contribution is 5.80. The molecule has 2 aliphatic rings. The van der Waals surface area contributed by atoms with Gasteiger partial charge in [0, 0.05) is 18.5 Å². The maximum atomic E-state index is 12.8. The molecule has 0 heterocycles. The topological polar surface area (TPSA) is 40.5 Å². The van der Waals surface area contributed by atoms with Crippen LogP contribution in [-0.4, -0.2) is 35.1 Å². The van der Waals surface area contributed by atoms with Gasteiger partial charge in [0.1, 0.15) is 0 Å². The zero-order valence-corrected chi connectivity index (χ0v) is 11.8. The molecule has 0 aliphatic heterocycles. The first-order valence-electron chi connectivity index (χ1n) is 7.47. The average molecular weight is 253 g/mol. The van der Waals surface area contributed by atoms with Crippen molar-refractivity contribution in [2.75, 3.05) is 13.2 Å². The van der Waals surface area contributed by atoms with Crippen LogP contribution >= 0.6 is 0 Å². The van der Waals surface area contributed by atoms with Gasteiger partial charge in [-0.25, -0.2) is 0 Å². The Balaban J connectivity index is 2.07. The number of carbonyl (C=O) groups is 1. The lowest BCUT2D eigenvalue weighted by Crippen LogP contribution is -2.46. The molecule has 1 amide bonds. The van der Waals surface area contributed by atoms with Crippen LogP contribution in [0.25, 0.3) is 0 Å². The Morgan fingerprint density at radius 1 is 1.22 bits per heavy atom. The van der Waals surface area contributed by atoms with Crippen molar-refractivity contribution in [3.63, 3.8) is 0 Å². The molecule has 2 fully saturated rings. The van der Waals surface area contributed by atoms with Crippen LogP contribution in [0.4, 0.5) is 0 Å². The second-order valence-corrected chi connectivity index (χ2v) is 6.63. The second-order valence-electron chi connectivity index (χ2n) is 6.63. The fourth-order valence-corrected chi connectivity index (χ4v) is 3.78. The molecule has 1 atom stereocenters. The smallest absolute Gasteiger partial charge is 0.226 e. The summed E-state index contributed by atoms with van der Waals surface area (Å²) >= 11 is 0. The van der Waals surface area contributed by atoms with Gasteiger partial charge in [-0.15, -0.1) is 0 Å². The van der Waals surface area contributed by atoms with E-state index in [9.17, 15) is 9.90 Å². The standard InChI is InChI=1S/C15H27NO2/c1-15(2)9-5-8-13(15)14(18)16(10-11-17)12-6-3-4-7-12/h12-13,17H,3-11H2,1-2H3. The van der Waals surface area contributed by atoms with Gasteiger partial charge in [-0.2, -0.15) is 0 Å². The molecule has 0 spiro atoms. The maximum absolute atomic E-state index is 12.8. The molecule has 2 aliphatic carbocycles. The monoisotopic (exact) mass is 253 g/mol. The molecule has 3 heteroatoms. The summed E-state index contributed by atoms with van der Waals surface area (Å²) < 4.78 is 0. The summed E-state index contributed by atoms with van der Waals surface area (Å²) in [7, 11) is 0. The summed E-state index contributed by atoms with van der Waals surface area (Å²) in [5.74, 6) is 0.475. The Kier molecular flexibility index (Phi) is 4.31. The molecule has 1 unspecified atom stereocenters. The highest BCUT2D eigenvalue weighted by Crippen LogP contribution is 2.44. The van der Waals surface area contributed by atoms with Gasteiger partial charge in [0.05, 0.1) is 6.61 Å². The van der Waals surface area contributed by atoms with Crippen LogP contribution in [0.2, 0.25) is 0 Å². The van der Waals surface area contributed by atoms with Gasteiger partial charge < -0.3 is 10.0 Å². The van der Waals surface area contributed by atoms with Gasteiger partial charge in [0.2, 0.25) is 5.91 Å². The molecule has 0 aromatic heterocycles. The van der Waals surface area contributed by atoms with E-state index in [2.05, 4.69) is 13.8 Å². The average Bonchev–Trinajstić information content (AvgIpc) is 2.94. The fraction of sp³-hybridized carbons (Fsp3) is 0.933. The lowest BCUT2D eigenvalue weighted by atomic mass is 9.81. The van der Waals surface area contributed by atoms with E-state index < -0.39 is 0 Å². The predicted molar refractivity (Wildman–Crippen MR) is 72.2 cm³/mol. The van der Waals surface area contributed by atoms with E-state index in [1.54, 1.807) is 0 Å². The number of amides is 1. The minimum absolute atomic E-state index is 0.0926. The molecule has 104 valence electrons. The summed E-state index contributed by atoms with van der Waals surface area (Å²) in [6, 6.07) is 0.390. The van der Waals surface area contributed by atoms with Gasteiger partial charge in [-0.3, -0.25) is 4.79 Å². The first-order valence-corrected chi connectivity index (χ1v) is 7.47. The molecule has 2 saturated carbocycles. The van der Waals surface area contributed by atoms with E-state index in [1.165, 1.54) is 19.3 Å². The third-order valence-corrected chi connectivity index (χ3v) is 4.94. The van der Waals surface area contributed by atoms with Gasteiger partial charge >= 0.3 is 0 Å². The number of rotatable bonds is 4. The number of aliphatic hydroxyl groups excluding tert-OH is 1. The summed E-state index contributed by atoms with van der Waals surface area (Å²) in [4.78, 5) is 14.7. The van der Waals surface area contributed by atoms with Crippen molar-refractivity contribution in [1.29, 1.82) is 0 Å². The van der Waals surface area contributed by atoms with Gasteiger partial charge in [0.25, 0.3) is 0 Å². The molecular weight excluding hydrogens is 226 g/mol. The predicted octanol–water partition coefficient (Wildman–Crippen LogP) is 2.58. The molecule has 3 nitrogen and oxygen atoms in total. The van der Waals surface area contributed by atoms with Crippen molar-refractivity contribution in [1.82, 2.24) is 4.90 Å². The molecule has 0 saturated heterocycles. The van der Waals surface area contributed by atoms with Crippen molar-refractivity contribution in [3.05, 3.63) is 0 Å². The van der Waals surface area contributed by atoms with Crippen LogP contribution < -0.4 is 0 Å². The quantitative estimate of drug-likeness (QED) is 0.836. The van der Waals surface area contributed by atoms with Crippen LogP contribution in [0.15, 0.2) is 0 Å². The third kappa shape index (κ3) is 2.71. The van der Waals surface area contributed by atoms with Crippen molar-refractivity contribution >= 4 is 5.91 Å². The molecular formula is C15H27NO2. The van der Waals surface area contributed by atoms with Crippen molar-refractivity contribution < 1.29 is 9.90 Å². The van der Waals surface area contributed by atoms with E-state index in [1.807, 2.05) is 4.90 Å². The number of aliphatic hydroxyl groups is 1. The minimum Gasteiger partial charge on any atom is -0.395 e. The fourth-order valence-electron chi connectivity index (χ4n) is 3.78. The molecule has 0 bridgehead atoms.